The second-order valence-corrected chi connectivity index (χ2v) is 3.41. The van der Waals surface area contributed by atoms with Crippen LogP contribution in [-0.2, 0) is 9.47 Å². The van der Waals surface area contributed by atoms with E-state index in [1.807, 2.05) is 12.2 Å². The molecule has 1 heterocycles. The number of halogens is 1. The number of hydrogen-bond donors (Lipinski definition) is 2. The zero-order chi connectivity index (χ0) is 9.31. The van der Waals surface area contributed by atoms with E-state index < -0.39 is 5.54 Å². The SMILES string of the molecule is Cl.NC1(CCO)C=CC2=C(C1)OCO2. The second kappa shape index (κ2) is 4.21. The first-order chi connectivity index (χ1) is 6.23. The predicted octanol–water partition coefficient (Wildman–Crippen LogP) is 0.664. The number of allylic oxidation sites excluding steroid dienone is 1. The van der Waals surface area contributed by atoms with E-state index in [2.05, 4.69) is 0 Å². The Morgan fingerprint density at radius 3 is 3.00 bits per heavy atom. The number of aliphatic hydroxyl groups is 1. The summed E-state index contributed by atoms with van der Waals surface area (Å²) in [6.07, 6.45) is 4.85. The Bertz CT molecular complexity index is 277. The highest BCUT2D eigenvalue weighted by molar-refractivity contribution is 5.85. The van der Waals surface area contributed by atoms with E-state index in [9.17, 15) is 0 Å². The molecule has 0 fully saturated rings. The molecule has 1 atom stereocenters. The van der Waals surface area contributed by atoms with E-state index >= 15 is 0 Å². The minimum Gasteiger partial charge on any atom is -0.458 e. The molecule has 0 aromatic carbocycles. The summed E-state index contributed by atoms with van der Waals surface area (Å²) in [5, 5.41) is 8.82. The third kappa shape index (κ3) is 2.03. The van der Waals surface area contributed by atoms with Crippen molar-refractivity contribution in [3.05, 3.63) is 23.7 Å². The molecule has 4 nitrogen and oxygen atoms in total. The van der Waals surface area contributed by atoms with E-state index in [1.54, 1.807) is 0 Å². The van der Waals surface area contributed by atoms with Gasteiger partial charge in [-0.05, 0) is 12.5 Å². The molecule has 1 aliphatic carbocycles. The van der Waals surface area contributed by atoms with Gasteiger partial charge in [0.15, 0.2) is 5.76 Å². The average Bonchev–Trinajstić information content (AvgIpc) is 2.50. The lowest BCUT2D eigenvalue weighted by molar-refractivity contribution is 0.0708. The molecule has 0 bridgehead atoms. The molecule has 5 heteroatoms. The highest BCUT2D eigenvalue weighted by atomic mass is 35.5. The number of ether oxygens (including phenoxy) is 2. The molecule has 2 aliphatic rings. The average molecular weight is 220 g/mol. The van der Waals surface area contributed by atoms with E-state index in [-0.39, 0.29) is 25.8 Å². The van der Waals surface area contributed by atoms with Gasteiger partial charge >= 0.3 is 0 Å². The van der Waals surface area contributed by atoms with Crippen molar-refractivity contribution in [3.63, 3.8) is 0 Å². The lowest BCUT2D eigenvalue weighted by atomic mass is 9.88. The zero-order valence-electron chi connectivity index (χ0n) is 7.73. The van der Waals surface area contributed by atoms with Crippen LogP contribution < -0.4 is 5.73 Å². The quantitative estimate of drug-likeness (QED) is 0.717. The summed E-state index contributed by atoms with van der Waals surface area (Å²) in [5.41, 5.74) is 5.54. The summed E-state index contributed by atoms with van der Waals surface area (Å²) in [4.78, 5) is 0. The van der Waals surface area contributed by atoms with Gasteiger partial charge in [0.25, 0.3) is 0 Å². The van der Waals surface area contributed by atoms with Crippen LogP contribution in [0.1, 0.15) is 12.8 Å². The van der Waals surface area contributed by atoms with Crippen LogP contribution in [0.4, 0.5) is 0 Å². The molecule has 2 rings (SSSR count). The highest BCUT2D eigenvalue weighted by Crippen LogP contribution is 2.32. The summed E-state index contributed by atoms with van der Waals surface area (Å²) in [6, 6.07) is 0. The summed E-state index contributed by atoms with van der Waals surface area (Å²) >= 11 is 0. The van der Waals surface area contributed by atoms with Crippen LogP contribution in [0.2, 0.25) is 0 Å². The third-order valence-corrected chi connectivity index (χ3v) is 2.36. The maximum absolute atomic E-state index is 8.82. The summed E-state index contributed by atoms with van der Waals surface area (Å²) in [6.45, 7) is 0.370. The zero-order valence-corrected chi connectivity index (χ0v) is 8.55. The fourth-order valence-corrected chi connectivity index (χ4v) is 1.57. The topological polar surface area (TPSA) is 64.7 Å². The summed E-state index contributed by atoms with van der Waals surface area (Å²) < 4.78 is 10.4. The van der Waals surface area contributed by atoms with Crippen molar-refractivity contribution in [2.45, 2.75) is 18.4 Å². The number of rotatable bonds is 2. The fourth-order valence-electron chi connectivity index (χ4n) is 1.57. The van der Waals surface area contributed by atoms with Crippen LogP contribution >= 0.6 is 12.4 Å². The molecule has 0 saturated carbocycles. The Kier molecular flexibility index (Phi) is 3.42. The van der Waals surface area contributed by atoms with Crippen LogP contribution in [0.25, 0.3) is 0 Å². The lowest BCUT2D eigenvalue weighted by Crippen LogP contribution is -2.40. The first kappa shape index (κ1) is 11.4. The maximum Gasteiger partial charge on any atom is 0.230 e. The smallest absolute Gasteiger partial charge is 0.230 e. The van der Waals surface area contributed by atoms with Crippen molar-refractivity contribution in [1.29, 1.82) is 0 Å². The molecule has 80 valence electrons. The van der Waals surface area contributed by atoms with Crippen molar-refractivity contribution in [1.82, 2.24) is 0 Å². The molecule has 3 N–H and O–H groups in total. The van der Waals surface area contributed by atoms with Gasteiger partial charge in [-0.3, -0.25) is 0 Å². The van der Waals surface area contributed by atoms with Crippen LogP contribution in [-0.4, -0.2) is 24.0 Å². The molecule has 14 heavy (non-hydrogen) atoms. The fraction of sp³-hybridized carbons (Fsp3) is 0.556. The molecule has 0 aromatic heterocycles. The van der Waals surface area contributed by atoms with E-state index in [4.69, 9.17) is 20.3 Å². The van der Waals surface area contributed by atoms with Gasteiger partial charge in [0.05, 0.1) is 0 Å². The van der Waals surface area contributed by atoms with Crippen molar-refractivity contribution in [2.24, 2.45) is 5.73 Å². The minimum atomic E-state index is -0.471. The molecule has 1 unspecified atom stereocenters. The number of aliphatic hydroxyl groups excluding tert-OH is 1. The van der Waals surface area contributed by atoms with Crippen molar-refractivity contribution in [3.8, 4) is 0 Å². The normalized spacial score (nSPS) is 29.0. The molecule has 0 amide bonds. The van der Waals surface area contributed by atoms with Crippen molar-refractivity contribution < 1.29 is 14.6 Å². The molecule has 1 aliphatic heterocycles. The van der Waals surface area contributed by atoms with Gasteiger partial charge in [-0.25, -0.2) is 0 Å². The Balaban J connectivity index is 0.000000980. The molecule has 0 spiro atoms. The molecule has 0 saturated heterocycles. The van der Waals surface area contributed by atoms with Gasteiger partial charge < -0.3 is 20.3 Å². The summed E-state index contributed by atoms with van der Waals surface area (Å²) in [5.74, 6) is 1.58. The third-order valence-electron chi connectivity index (χ3n) is 2.36. The molecule has 0 aromatic rings. The Morgan fingerprint density at radius 1 is 1.50 bits per heavy atom. The maximum atomic E-state index is 8.82. The van der Waals surface area contributed by atoms with E-state index in [0.29, 0.717) is 12.8 Å². The number of hydrogen-bond acceptors (Lipinski definition) is 4. The Labute approximate surface area is 88.8 Å². The predicted molar refractivity (Wildman–Crippen MR) is 53.7 cm³/mol. The highest BCUT2D eigenvalue weighted by Gasteiger charge is 2.31. The summed E-state index contributed by atoms with van der Waals surface area (Å²) in [7, 11) is 0. The molecular weight excluding hydrogens is 206 g/mol. The van der Waals surface area contributed by atoms with Gasteiger partial charge in [-0.2, -0.15) is 0 Å². The van der Waals surface area contributed by atoms with Gasteiger partial charge in [-0.1, -0.05) is 6.08 Å². The van der Waals surface area contributed by atoms with Crippen LogP contribution in [0.5, 0.6) is 0 Å². The van der Waals surface area contributed by atoms with Crippen molar-refractivity contribution in [2.75, 3.05) is 13.4 Å². The van der Waals surface area contributed by atoms with E-state index in [0.717, 1.165) is 11.5 Å². The van der Waals surface area contributed by atoms with Gasteiger partial charge in [0.1, 0.15) is 5.76 Å². The Hall–Kier alpha value is -0.710. The standard InChI is InChI=1S/C9H13NO3.ClH/c10-9(3-4-11)2-1-7-8(5-9)13-6-12-7;/h1-2,11H,3-6,10H2;1H. The van der Waals surface area contributed by atoms with Gasteiger partial charge in [0, 0.05) is 18.6 Å². The van der Waals surface area contributed by atoms with Gasteiger partial charge in [-0.15, -0.1) is 12.4 Å². The van der Waals surface area contributed by atoms with Gasteiger partial charge in [0.2, 0.25) is 6.79 Å². The first-order valence-electron chi connectivity index (χ1n) is 4.31. The van der Waals surface area contributed by atoms with Crippen LogP contribution in [0, 0.1) is 0 Å². The first-order valence-corrected chi connectivity index (χ1v) is 4.31. The van der Waals surface area contributed by atoms with Crippen LogP contribution in [0.3, 0.4) is 0 Å². The Morgan fingerprint density at radius 2 is 2.29 bits per heavy atom. The van der Waals surface area contributed by atoms with Crippen molar-refractivity contribution >= 4 is 12.4 Å². The second-order valence-electron chi connectivity index (χ2n) is 3.41. The molecule has 0 radical (unpaired) electrons. The van der Waals surface area contributed by atoms with E-state index in [1.165, 1.54) is 0 Å². The largest absolute Gasteiger partial charge is 0.458 e. The lowest BCUT2D eigenvalue weighted by Gasteiger charge is -2.27. The monoisotopic (exact) mass is 219 g/mol. The minimum absolute atomic E-state index is 0. The number of nitrogens with two attached hydrogens (primary N) is 1. The van der Waals surface area contributed by atoms with Crippen LogP contribution in [0.15, 0.2) is 23.7 Å². The molecular formula is C9H14ClNO3.